The molecule has 62 valence electrons. The molecule has 0 heterocycles. The van der Waals surface area contributed by atoms with Crippen LogP contribution >= 0.6 is 15.6 Å². The standard InChI is InChI=1S/K.H4O7P2.Zr.H/c;1-8(2,3)7-9(4,5)6;;/h;(H2,1,2,3)(H2,4,5,6);;. The fraction of sp³-hybridized carbons (Fsp3) is 0. The Bertz CT molecular complexity index is 157. The molecule has 0 spiro atoms. The van der Waals surface area contributed by atoms with Crippen molar-refractivity contribution in [3.63, 3.8) is 0 Å². The zero-order chi connectivity index (χ0) is 7.71. The Morgan fingerprint density at radius 2 is 1.09 bits per heavy atom. The third-order valence-electron chi connectivity index (χ3n) is 0.213. The van der Waals surface area contributed by atoms with Gasteiger partial charge in [-0.25, -0.2) is 9.13 Å². The third-order valence-corrected chi connectivity index (χ3v) is 1.91. The Labute approximate surface area is 124 Å². The zero-order valence-corrected chi connectivity index (χ0v) is 8.65. The van der Waals surface area contributed by atoms with Crippen LogP contribution in [-0.4, -0.2) is 71.0 Å². The van der Waals surface area contributed by atoms with Gasteiger partial charge in [0.2, 0.25) is 0 Å². The Balaban J connectivity index is -0.000000320. The predicted octanol–water partition coefficient (Wildman–Crippen LogP) is -1.46. The molecule has 0 saturated heterocycles. The summed E-state index contributed by atoms with van der Waals surface area (Å²) < 4.78 is 22.2. The largest absolute Gasteiger partial charge is 0 e. The quantitative estimate of drug-likeness (QED) is 0.363. The summed E-state index contributed by atoms with van der Waals surface area (Å²) in [6.07, 6.45) is 0. The van der Waals surface area contributed by atoms with Crippen molar-refractivity contribution in [2.24, 2.45) is 0 Å². The van der Waals surface area contributed by atoms with Crippen molar-refractivity contribution in [1.29, 1.82) is 0 Å². The molecule has 0 fully saturated rings. The molecule has 4 N–H and O–H groups in total. The first kappa shape index (κ1) is 19.4. The van der Waals surface area contributed by atoms with Gasteiger partial charge in [0.1, 0.15) is 0 Å². The van der Waals surface area contributed by atoms with Crippen molar-refractivity contribution in [3.8, 4) is 0 Å². The van der Waals surface area contributed by atoms with Crippen LogP contribution in [0.25, 0.3) is 0 Å². The average Bonchev–Trinajstić information content (AvgIpc) is 1.14. The van der Waals surface area contributed by atoms with E-state index in [1.165, 1.54) is 0 Å². The molecule has 0 atom stereocenters. The van der Waals surface area contributed by atoms with Crippen molar-refractivity contribution in [1.82, 2.24) is 0 Å². The second-order valence-electron chi connectivity index (χ2n) is 1.06. The molecule has 0 unspecified atom stereocenters. The molecule has 11 heavy (non-hydrogen) atoms. The number of phosphoric acid groups is 2. The molecule has 0 aromatic carbocycles. The van der Waals surface area contributed by atoms with Crippen LogP contribution in [0, 0.1) is 0 Å². The first-order valence-electron chi connectivity index (χ1n) is 1.53. The van der Waals surface area contributed by atoms with Crippen LogP contribution in [0.1, 0.15) is 0 Å². The van der Waals surface area contributed by atoms with Gasteiger partial charge in [0.15, 0.2) is 0 Å². The summed E-state index contributed by atoms with van der Waals surface area (Å²) in [5, 5.41) is 0. The maximum atomic E-state index is 9.63. The molecule has 0 radical (unpaired) electrons. The SMILES string of the molecule is O=P(O)(O)OP(=O)(O)O.[KH].[Zr]. The summed E-state index contributed by atoms with van der Waals surface area (Å²) in [7, 11) is -10.1. The Morgan fingerprint density at radius 1 is 0.909 bits per heavy atom. The topological polar surface area (TPSA) is 124 Å². The van der Waals surface area contributed by atoms with Gasteiger partial charge in [0.05, 0.1) is 0 Å². The number of hydrogen-bond donors (Lipinski definition) is 4. The molecule has 11 heteroatoms. The Kier molecular flexibility index (Phi) is 12.5. The van der Waals surface area contributed by atoms with Crippen molar-refractivity contribution in [2.75, 3.05) is 0 Å². The van der Waals surface area contributed by atoms with Gasteiger partial charge in [0, 0.05) is 26.2 Å². The molecule has 7 nitrogen and oxygen atoms in total. The molecule has 0 aliphatic rings. The van der Waals surface area contributed by atoms with Crippen LogP contribution in [0.4, 0.5) is 0 Å². The van der Waals surface area contributed by atoms with Crippen LogP contribution < -0.4 is 0 Å². The minimum atomic E-state index is -5.05. The van der Waals surface area contributed by atoms with Crippen molar-refractivity contribution < 1.29 is 59.2 Å². The van der Waals surface area contributed by atoms with E-state index < -0.39 is 15.6 Å². The third kappa shape index (κ3) is 19.3. The summed E-state index contributed by atoms with van der Waals surface area (Å²) >= 11 is 0. The van der Waals surface area contributed by atoms with Gasteiger partial charge in [-0.05, 0) is 0 Å². The average molecular weight is 309 g/mol. The van der Waals surface area contributed by atoms with E-state index in [0.29, 0.717) is 0 Å². The van der Waals surface area contributed by atoms with E-state index in [1.54, 1.807) is 0 Å². The van der Waals surface area contributed by atoms with E-state index in [9.17, 15) is 9.13 Å². The fourth-order valence-corrected chi connectivity index (χ4v) is 1.25. The second kappa shape index (κ2) is 7.12. The molecule has 0 aromatic rings. The maximum Gasteiger partial charge on any atom is 0 e. The van der Waals surface area contributed by atoms with E-state index in [4.69, 9.17) is 19.6 Å². The van der Waals surface area contributed by atoms with E-state index in [1.807, 2.05) is 0 Å². The van der Waals surface area contributed by atoms with E-state index in [-0.39, 0.29) is 77.6 Å². The van der Waals surface area contributed by atoms with Gasteiger partial charge in [-0.2, -0.15) is 4.31 Å². The van der Waals surface area contributed by atoms with Crippen LogP contribution in [0.5, 0.6) is 0 Å². The molecule has 0 aromatic heterocycles. The summed E-state index contributed by atoms with van der Waals surface area (Å²) in [6, 6.07) is 0. The monoisotopic (exact) mass is 308 g/mol. The van der Waals surface area contributed by atoms with Gasteiger partial charge < -0.3 is 19.6 Å². The molecule has 0 rings (SSSR count). The van der Waals surface area contributed by atoms with E-state index >= 15 is 0 Å². The maximum absolute atomic E-state index is 9.63. The van der Waals surface area contributed by atoms with Crippen LogP contribution in [-0.2, 0) is 39.6 Å². The molecule has 0 aliphatic carbocycles. The molecule has 0 amide bonds. The predicted molar refractivity (Wildman–Crippen MR) is 32.3 cm³/mol. The number of rotatable bonds is 2. The van der Waals surface area contributed by atoms with Crippen LogP contribution in [0.15, 0.2) is 0 Å². The van der Waals surface area contributed by atoms with E-state index in [2.05, 4.69) is 4.31 Å². The molecule has 0 saturated carbocycles. The molecule has 0 bridgehead atoms. The molecular weight excluding hydrogens is 304 g/mol. The zero-order valence-electron chi connectivity index (χ0n) is 4.41. The minimum absolute atomic E-state index is 0. The Morgan fingerprint density at radius 3 is 1.09 bits per heavy atom. The first-order chi connectivity index (χ1) is 3.71. The summed E-state index contributed by atoms with van der Waals surface area (Å²) in [6.45, 7) is 0. The van der Waals surface area contributed by atoms with Gasteiger partial charge in [-0.15, -0.1) is 0 Å². The smallest absolute Gasteiger partial charge is 0 e. The van der Waals surface area contributed by atoms with Gasteiger partial charge >= 0.3 is 67.0 Å². The Hall–Kier alpha value is 2.78. The summed E-state index contributed by atoms with van der Waals surface area (Å²) in [4.78, 5) is 31.0. The molecular formula is H5KO7P2Zr. The van der Waals surface area contributed by atoms with Crippen molar-refractivity contribution in [3.05, 3.63) is 0 Å². The van der Waals surface area contributed by atoms with Crippen LogP contribution in [0.2, 0.25) is 0 Å². The van der Waals surface area contributed by atoms with E-state index in [0.717, 1.165) is 0 Å². The molecule has 0 aliphatic heterocycles. The first-order valence-corrected chi connectivity index (χ1v) is 4.59. The van der Waals surface area contributed by atoms with Gasteiger partial charge in [0.25, 0.3) is 0 Å². The van der Waals surface area contributed by atoms with Gasteiger partial charge in [-0.1, -0.05) is 0 Å². The minimum Gasteiger partial charge on any atom is 0 e. The second-order valence-corrected chi connectivity index (χ2v) is 3.68. The van der Waals surface area contributed by atoms with Crippen LogP contribution in [0.3, 0.4) is 0 Å². The fourth-order valence-electron chi connectivity index (χ4n) is 0.139. The van der Waals surface area contributed by atoms with Gasteiger partial charge in [-0.3, -0.25) is 0 Å². The summed E-state index contributed by atoms with van der Waals surface area (Å²) in [5.41, 5.74) is 0. The number of hydrogen-bond acceptors (Lipinski definition) is 3. The summed E-state index contributed by atoms with van der Waals surface area (Å²) in [5.74, 6) is 0. The van der Waals surface area contributed by atoms with Crippen molar-refractivity contribution in [2.45, 2.75) is 0 Å². The van der Waals surface area contributed by atoms with Crippen molar-refractivity contribution >= 4 is 67.0 Å². The normalized spacial score (nSPS) is 11.3.